The van der Waals surface area contributed by atoms with Crippen LogP contribution >= 0.6 is 0 Å². The summed E-state index contributed by atoms with van der Waals surface area (Å²) in [7, 11) is 2.53. The summed E-state index contributed by atoms with van der Waals surface area (Å²) in [6, 6.07) is 5.30. The number of anilines is 4. The maximum absolute atomic E-state index is 13.1. The second-order valence-electron chi connectivity index (χ2n) is 7.30. The van der Waals surface area contributed by atoms with Crippen LogP contribution in [0.4, 0.5) is 23.5 Å². The lowest BCUT2D eigenvalue weighted by atomic mass is 10.3. The summed E-state index contributed by atoms with van der Waals surface area (Å²) in [5, 5.41) is 10.9. The van der Waals surface area contributed by atoms with Crippen molar-refractivity contribution in [1.29, 1.82) is 5.41 Å². The van der Waals surface area contributed by atoms with Crippen molar-refractivity contribution in [3.05, 3.63) is 24.3 Å². The molecule has 1 aromatic carbocycles. The Morgan fingerprint density at radius 1 is 1.03 bits per heavy atom. The van der Waals surface area contributed by atoms with E-state index >= 15 is 0 Å². The molecule has 0 unspecified atom stereocenters. The van der Waals surface area contributed by atoms with E-state index in [-0.39, 0.29) is 28.6 Å². The average molecular weight is 462 g/mol. The van der Waals surface area contributed by atoms with Gasteiger partial charge in [-0.05, 0) is 24.3 Å². The number of nitrogens with zero attached hydrogens (tertiary/aromatic N) is 7. The van der Waals surface area contributed by atoms with Gasteiger partial charge in [0, 0.05) is 40.8 Å². The maximum Gasteiger partial charge on any atom is 0.273 e. The Kier molecular flexibility index (Phi) is 5.98. The molecule has 3 rings (SSSR count). The molecule has 0 aliphatic carbocycles. The number of aromatic nitrogens is 3. The topological polar surface area (TPSA) is 156 Å². The van der Waals surface area contributed by atoms with Crippen LogP contribution in [0.2, 0.25) is 0 Å². The molecule has 1 aliphatic heterocycles. The van der Waals surface area contributed by atoms with Crippen molar-refractivity contribution in [3.63, 3.8) is 0 Å². The van der Waals surface area contributed by atoms with Crippen LogP contribution in [0.1, 0.15) is 6.92 Å². The Hall–Kier alpha value is -3.81. The lowest BCUT2D eigenvalue weighted by Crippen LogP contribution is -2.39. The molecule has 1 aromatic heterocycles. The van der Waals surface area contributed by atoms with Crippen molar-refractivity contribution < 1.29 is 18.0 Å². The van der Waals surface area contributed by atoms with E-state index in [1.807, 2.05) is 0 Å². The van der Waals surface area contributed by atoms with E-state index in [4.69, 9.17) is 5.41 Å². The molecule has 13 nitrogen and oxygen atoms in total. The number of hydrogen-bond acceptors (Lipinski definition) is 10. The first-order valence-electron chi connectivity index (χ1n) is 9.34. The molecule has 2 heterocycles. The molecule has 14 heteroatoms. The fraction of sp³-hybridized carbons (Fsp3) is 0.333. The normalized spacial score (nSPS) is 14.0. The van der Waals surface area contributed by atoms with Gasteiger partial charge in [-0.25, -0.2) is 8.42 Å². The van der Waals surface area contributed by atoms with Gasteiger partial charge in [0.15, 0.2) is 0 Å². The van der Waals surface area contributed by atoms with Crippen LogP contribution in [-0.4, -0.2) is 80.2 Å². The van der Waals surface area contributed by atoms with Crippen LogP contribution < -0.4 is 20.0 Å². The van der Waals surface area contributed by atoms with Gasteiger partial charge in [0.05, 0.1) is 4.90 Å². The van der Waals surface area contributed by atoms with Gasteiger partial charge in [-0.2, -0.15) is 19.3 Å². The summed E-state index contributed by atoms with van der Waals surface area (Å²) >= 11 is 0. The first-order valence-corrected chi connectivity index (χ1v) is 10.8. The molecule has 2 amide bonds. The number of guanidine groups is 1. The van der Waals surface area contributed by atoms with E-state index < -0.39 is 28.4 Å². The lowest BCUT2D eigenvalue weighted by Gasteiger charge is -2.21. The number of nitrogens with one attached hydrogen (secondary N) is 2. The number of carbonyl (C=O) groups is 2. The van der Waals surface area contributed by atoms with Crippen molar-refractivity contribution in [3.8, 4) is 0 Å². The third-order valence-electron chi connectivity index (χ3n) is 4.32. The highest BCUT2D eigenvalue weighted by atomic mass is 32.2. The standard InChI is InChI=1S/C18H23N9O4S/c1-11(28)20-12-6-8-13(9-7-12)32(30,31)27-14(29)10-26(15(27)19)18-22-16(24(2)3)21-17(23-18)25(4)5/h6-9,19H,10H2,1-5H3,(H,20,28). The number of amides is 2. The predicted molar refractivity (Wildman–Crippen MR) is 118 cm³/mol. The first kappa shape index (κ1) is 22.9. The first-order chi connectivity index (χ1) is 14.9. The van der Waals surface area contributed by atoms with E-state index in [0.717, 1.165) is 4.90 Å². The molecule has 1 fully saturated rings. The van der Waals surface area contributed by atoms with E-state index in [1.54, 1.807) is 38.0 Å². The molecule has 0 radical (unpaired) electrons. The molecule has 2 N–H and O–H groups in total. The van der Waals surface area contributed by atoms with Gasteiger partial charge in [-0.1, -0.05) is 0 Å². The molecule has 32 heavy (non-hydrogen) atoms. The van der Waals surface area contributed by atoms with Crippen LogP contribution in [-0.2, 0) is 19.6 Å². The Balaban J connectivity index is 1.96. The second-order valence-corrected chi connectivity index (χ2v) is 9.09. The predicted octanol–water partition coefficient (Wildman–Crippen LogP) is -0.0657. The molecule has 0 spiro atoms. The maximum atomic E-state index is 13.1. The molecule has 0 saturated carbocycles. The highest BCUT2D eigenvalue weighted by Gasteiger charge is 2.44. The molecule has 1 aliphatic rings. The van der Waals surface area contributed by atoms with Crippen LogP contribution in [0.5, 0.6) is 0 Å². The van der Waals surface area contributed by atoms with E-state index in [0.29, 0.717) is 9.99 Å². The van der Waals surface area contributed by atoms with E-state index in [9.17, 15) is 18.0 Å². The Bertz CT molecular complexity index is 1150. The monoisotopic (exact) mass is 461 g/mol. The van der Waals surface area contributed by atoms with Crippen LogP contribution in [0.3, 0.4) is 0 Å². The van der Waals surface area contributed by atoms with Gasteiger partial charge in [0.2, 0.25) is 29.7 Å². The number of rotatable bonds is 6. The summed E-state index contributed by atoms with van der Waals surface area (Å²) in [6.45, 7) is 0.903. The zero-order chi connectivity index (χ0) is 23.8. The van der Waals surface area contributed by atoms with Crippen LogP contribution in [0.15, 0.2) is 29.2 Å². The van der Waals surface area contributed by atoms with Gasteiger partial charge >= 0.3 is 0 Å². The number of carbonyl (C=O) groups excluding carboxylic acids is 2. The second kappa shape index (κ2) is 8.37. The summed E-state index contributed by atoms with van der Waals surface area (Å²) < 4.78 is 26.6. The third kappa shape index (κ3) is 4.30. The minimum atomic E-state index is -4.36. The van der Waals surface area contributed by atoms with Gasteiger partial charge in [0.1, 0.15) is 6.54 Å². The number of sulfonamides is 1. The minimum absolute atomic E-state index is 0.0237. The fourth-order valence-corrected chi connectivity index (χ4v) is 4.14. The zero-order valence-corrected chi connectivity index (χ0v) is 19.0. The van der Waals surface area contributed by atoms with E-state index in [1.165, 1.54) is 31.2 Å². The largest absolute Gasteiger partial charge is 0.347 e. The van der Waals surface area contributed by atoms with Crippen molar-refractivity contribution >= 4 is 51.3 Å². The minimum Gasteiger partial charge on any atom is -0.347 e. The third-order valence-corrected chi connectivity index (χ3v) is 6.05. The van der Waals surface area contributed by atoms with Crippen molar-refractivity contribution in [1.82, 2.24) is 19.3 Å². The summed E-state index contributed by atoms with van der Waals surface area (Å²) in [6.07, 6.45) is 0. The summed E-state index contributed by atoms with van der Waals surface area (Å²) in [4.78, 5) is 40.8. The van der Waals surface area contributed by atoms with Crippen LogP contribution in [0, 0.1) is 5.41 Å². The number of hydrogen-bond donors (Lipinski definition) is 2. The van der Waals surface area contributed by atoms with Gasteiger partial charge in [-0.15, -0.1) is 0 Å². The van der Waals surface area contributed by atoms with Gasteiger partial charge < -0.3 is 15.1 Å². The quantitative estimate of drug-likeness (QED) is 0.597. The molecular weight excluding hydrogens is 438 g/mol. The molecule has 0 bridgehead atoms. The van der Waals surface area contributed by atoms with Gasteiger partial charge in [-0.3, -0.25) is 19.9 Å². The van der Waals surface area contributed by atoms with Crippen LogP contribution in [0.25, 0.3) is 0 Å². The van der Waals surface area contributed by atoms with Gasteiger partial charge in [0.25, 0.3) is 15.9 Å². The zero-order valence-electron chi connectivity index (χ0n) is 18.2. The highest BCUT2D eigenvalue weighted by molar-refractivity contribution is 7.90. The molecule has 0 atom stereocenters. The molecule has 2 aromatic rings. The molecule has 170 valence electrons. The SMILES string of the molecule is CC(=O)Nc1ccc(S(=O)(=O)N2C(=N)N(c3nc(N(C)C)nc(N(C)C)n3)CC2=O)cc1. The molecule has 1 saturated heterocycles. The Labute approximate surface area is 185 Å². The van der Waals surface area contributed by atoms with Crippen molar-refractivity contribution in [2.45, 2.75) is 11.8 Å². The highest BCUT2D eigenvalue weighted by Crippen LogP contribution is 2.26. The average Bonchev–Trinajstić information content (AvgIpc) is 3.02. The van der Waals surface area contributed by atoms with E-state index in [2.05, 4.69) is 20.3 Å². The number of benzene rings is 1. The van der Waals surface area contributed by atoms with Crippen molar-refractivity contribution in [2.75, 3.05) is 54.8 Å². The fourth-order valence-electron chi connectivity index (χ4n) is 2.80. The van der Waals surface area contributed by atoms with Crippen molar-refractivity contribution in [2.24, 2.45) is 0 Å². The summed E-state index contributed by atoms with van der Waals surface area (Å²) in [5.74, 6) is -1.17. The summed E-state index contributed by atoms with van der Waals surface area (Å²) in [5.41, 5.74) is 0.401. The Morgan fingerprint density at radius 2 is 1.56 bits per heavy atom. The Morgan fingerprint density at radius 3 is 2.03 bits per heavy atom. The smallest absolute Gasteiger partial charge is 0.273 e. The molecular formula is C18H23N9O4S. The lowest BCUT2D eigenvalue weighted by molar-refractivity contribution is -0.121.